The third-order valence-corrected chi connectivity index (χ3v) is 4.87. The number of aromatic nitrogens is 2. The van der Waals surface area contributed by atoms with Crippen LogP contribution in [0, 0.1) is 11.8 Å². The van der Waals surface area contributed by atoms with Crippen molar-refractivity contribution in [3.05, 3.63) is 23.7 Å². The molecule has 3 N–H and O–H groups in total. The summed E-state index contributed by atoms with van der Waals surface area (Å²) in [7, 11) is 0. The lowest BCUT2D eigenvalue weighted by Crippen LogP contribution is -2.24. The van der Waals surface area contributed by atoms with Crippen LogP contribution in [0.25, 0.3) is 5.57 Å². The molecule has 2 aliphatic carbocycles. The van der Waals surface area contributed by atoms with Gasteiger partial charge in [0.2, 0.25) is 0 Å². The molecule has 1 aliphatic heterocycles. The molecular formula is C15H20N4O. The molecule has 20 heavy (non-hydrogen) atoms. The average Bonchev–Trinajstić information content (AvgIpc) is 3.09. The number of hydrogen-bond donors (Lipinski definition) is 2. The van der Waals surface area contributed by atoms with E-state index in [2.05, 4.69) is 20.9 Å². The van der Waals surface area contributed by atoms with Crippen LogP contribution in [-0.4, -0.2) is 45.7 Å². The molecule has 1 aromatic rings. The van der Waals surface area contributed by atoms with Crippen LogP contribution in [-0.2, 0) is 6.42 Å². The lowest BCUT2D eigenvalue weighted by molar-refractivity contribution is 0.133. The molecule has 2 heterocycles. The molecule has 2 atom stereocenters. The molecule has 2 fully saturated rings. The minimum absolute atomic E-state index is 0.153. The molecule has 106 valence electrons. The van der Waals surface area contributed by atoms with Gasteiger partial charge < -0.3 is 10.8 Å². The number of nitrogens with two attached hydrogens (primary N) is 1. The Bertz CT molecular complexity index is 567. The fourth-order valence-corrected chi connectivity index (χ4v) is 3.62. The van der Waals surface area contributed by atoms with E-state index >= 15 is 0 Å². The predicted octanol–water partition coefficient (Wildman–Crippen LogP) is 0.701. The van der Waals surface area contributed by atoms with Gasteiger partial charge in [0, 0.05) is 31.1 Å². The minimum Gasteiger partial charge on any atom is -0.391 e. The third-order valence-electron chi connectivity index (χ3n) is 4.87. The van der Waals surface area contributed by atoms with Gasteiger partial charge in [-0.1, -0.05) is 6.08 Å². The SMILES string of the molecule is Nc1ncnc2c1CC=C2CN1C[C@H](C2CC2)[C@@H](O)C1. The van der Waals surface area contributed by atoms with Gasteiger partial charge in [0.25, 0.3) is 0 Å². The summed E-state index contributed by atoms with van der Waals surface area (Å²) in [5.74, 6) is 1.84. The Labute approximate surface area is 118 Å². The third kappa shape index (κ3) is 2.01. The van der Waals surface area contributed by atoms with Crippen molar-refractivity contribution in [3.8, 4) is 0 Å². The highest BCUT2D eigenvalue weighted by atomic mass is 16.3. The number of fused-ring (bicyclic) bond motifs is 1. The molecule has 0 bridgehead atoms. The fourth-order valence-electron chi connectivity index (χ4n) is 3.62. The van der Waals surface area contributed by atoms with Gasteiger partial charge in [-0.25, -0.2) is 9.97 Å². The van der Waals surface area contributed by atoms with Crippen LogP contribution in [0.4, 0.5) is 5.82 Å². The van der Waals surface area contributed by atoms with E-state index in [1.165, 1.54) is 18.4 Å². The van der Waals surface area contributed by atoms with Crippen molar-refractivity contribution in [1.29, 1.82) is 0 Å². The van der Waals surface area contributed by atoms with Crippen molar-refractivity contribution in [2.75, 3.05) is 25.4 Å². The maximum Gasteiger partial charge on any atom is 0.130 e. The van der Waals surface area contributed by atoms with Crippen molar-refractivity contribution in [1.82, 2.24) is 14.9 Å². The monoisotopic (exact) mass is 272 g/mol. The topological polar surface area (TPSA) is 75.3 Å². The number of nitrogen functional groups attached to an aromatic ring is 1. The Balaban J connectivity index is 1.48. The summed E-state index contributed by atoms with van der Waals surface area (Å²) >= 11 is 0. The van der Waals surface area contributed by atoms with E-state index in [4.69, 9.17) is 5.73 Å². The number of nitrogens with zero attached hydrogens (tertiary/aromatic N) is 3. The predicted molar refractivity (Wildman–Crippen MR) is 76.8 cm³/mol. The molecule has 4 rings (SSSR count). The first kappa shape index (κ1) is 12.3. The smallest absolute Gasteiger partial charge is 0.130 e. The van der Waals surface area contributed by atoms with Crippen LogP contribution >= 0.6 is 0 Å². The van der Waals surface area contributed by atoms with E-state index in [-0.39, 0.29) is 6.10 Å². The maximum atomic E-state index is 10.2. The van der Waals surface area contributed by atoms with Crippen LogP contribution < -0.4 is 5.73 Å². The van der Waals surface area contributed by atoms with Crippen LogP contribution in [0.2, 0.25) is 0 Å². The molecule has 5 nitrogen and oxygen atoms in total. The lowest BCUT2D eigenvalue weighted by Gasteiger charge is -2.16. The normalized spacial score (nSPS) is 29.6. The number of aliphatic hydroxyl groups is 1. The highest BCUT2D eigenvalue weighted by Crippen LogP contribution is 2.42. The summed E-state index contributed by atoms with van der Waals surface area (Å²) in [5.41, 5.74) is 9.19. The number of rotatable bonds is 3. The van der Waals surface area contributed by atoms with Gasteiger partial charge in [0.05, 0.1) is 11.8 Å². The Morgan fingerprint density at radius 2 is 2.15 bits per heavy atom. The minimum atomic E-state index is -0.153. The van der Waals surface area contributed by atoms with Gasteiger partial charge in [-0.2, -0.15) is 0 Å². The Morgan fingerprint density at radius 1 is 1.30 bits per heavy atom. The molecule has 0 amide bonds. The van der Waals surface area contributed by atoms with E-state index in [0.29, 0.717) is 11.7 Å². The first-order valence-electron chi connectivity index (χ1n) is 7.41. The second kappa shape index (κ2) is 4.53. The zero-order valence-corrected chi connectivity index (χ0v) is 11.5. The van der Waals surface area contributed by atoms with Crippen LogP contribution in [0.3, 0.4) is 0 Å². The molecule has 1 saturated carbocycles. The number of anilines is 1. The number of allylic oxidation sites excluding steroid dienone is 1. The number of likely N-dealkylation sites (tertiary alicyclic amines) is 1. The largest absolute Gasteiger partial charge is 0.391 e. The van der Waals surface area contributed by atoms with E-state index in [0.717, 1.165) is 43.2 Å². The molecule has 0 spiro atoms. The summed E-state index contributed by atoms with van der Waals surface area (Å²) < 4.78 is 0. The molecular weight excluding hydrogens is 252 g/mol. The summed E-state index contributed by atoms with van der Waals surface area (Å²) in [4.78, 5) is 10.8. The number of hydrogen-bond acceptors (Lipinski definition) is 5. The second-order valence-corrected chi connectivity index (χ2v) is 6.28. The van der Waals surface area contributed by atoms with Gasteiger partial charge in [-0.3, -0.25) is 4.90 Å². The van der Waals surface area contributed by atoms with Gasteiger partial charge in [-0.05, 0) is 30.8 Å². The van der Waals surface area contributed by atoms with Crippen molar-refractivity contribution in [3.63, 3.8) is 0 Å². The van der Waals surface area contributed by atoms with Crippen molar-refractivity contribution < 1.29 is 5.11 Å². The quantitative estimate of drug-likeness (QED) is 0.847. The molecule has 5 heteroatoms. The summed E-state index contributed by atoms with van der Waals surface area (Å²) in [6, 6.07) is 0. The highest BCUT2D eigenvalue weighted by Gasteiger charge is 2.41. The summed E-state index contributed by atoms with van der Waals surface area (Å²) in [5, 5.41) is 10.2. The molecule has 3 aliphatic rings. The Morgan fingerprint density at radius 3 is 2.95 bits per heavy atom. The van der Waals surface area contributed by atoms with E-state index in [9.17, 15) is 5.11 Å². The van der Waals surface area contributed by atoms with Crippen LogP contribution in [0.15, 0.2) is 12.4 Å². The van der Waals surface area contributed by atoms with Crippen LogP contribution in [0.5, 0.6) is 0 Å². The molecule has 0 unspecified atom stereocenters. The lowest BCUT2D eigenvalue weighted by atomic mass is 10.0. The second-order valence-electron chi connectivity index (χ2n) is 6.28. The highest BCUT2D eigenvalue weighted by molar-refractivity contribution is 5.74. The average molecular weight is 272 g/mol. The Kier molecular flexibility index (Phi) is 2.79. The zero-order chi connectivity index (χ0) is 13.7. The first-order chi connectivity index (χ1) is 9.72. The standard InChI is InChI=1S/C15H20N4O/c16-15-11-4-3-10(14(11)17-8-18-15)5-19-6-12(9-1-2-9)13(20)7-19/h3,8-9,12-13,20H,1-2,4-7H2,(H2,16,17,18)/t12-,13+/m1/s1. The number of β-amino-alcohol motifs (C(OH)–C–C–N with tert-alkyl or cyclic N) is 1. The molecule has 0 aromatic carbocycles. The molecule has 0 radical (unpaired) electrons. The van der Waals surface area contributed by atoms with Gasteiger partial charge in [0.1, 0.15) is 12.1 Å². The number of aliphatic hydroxyl groups excluding tert-OH is 1. The first-order valence-corrected chi connectivity index (χ1v) is 7.41. The van der Waals surface area contributed by atoms with E-state index in [1.54, 1.807) is 6.33 Å². The van der Waals surface area contributed by atoms with Crippen molar-refractivity contribution in [2.24, 2.45) is 11.8 Å². The van der Waals surface area contributed by atoms with Crippen molar-refractivity contribution in [2.45, 2.75) is 25.4 Å². The Hall–Kier alpha value is -1.46. The van der Waals surface area contributed by atoms with E-state index in [1.807, 2.05) is 0 Å². The summed E-state index contributed by atoms with van der Waals surface area (Å²) in [6.07, 6.45) is 7.01. The van der Waals surface area contributed by atoms with E-state index < -0.39 is 0 Å². The fraction of sp³-hybridized carbons (Fsp3) is 0.600. The zero-order valence-electron chi connectivity index (χ0n) is 11.5. The molecule has 1 aromatic heterocycles. The van der Waals surface area contributed by atoms with Gasteiger partial charge in [-0.15, -0.1) is 0 Å². The molecule has 1 saturated heterocycles. The van der Waals surface area contributed by atoms with Crippen LogP contribution in [0.1, 0.15) is 24.1 Å². The summed E-state index contributed by atoms with van der Waals surface area (Å²) in [6.45, 7) is 2.66. The van der Waals surface area contributed by atoms with Gasteiger partial charge >= 0.3 is 0 Å². The van der Waals surface area contributed by atoms with Crippen molar-refractivity contribution >= 4 is 11.4 Å². The maximum absolute atomic E-state index is 10.2. The van der Waals surface area contributed by atoms with Gasteiger partial charge in [0.15, 0.2) is 0 Å².